The minimum atomic E-state index is -0.121. The van der Waals surface area contributed by atoms with Crippen LogP contribution in [-0.2, 0) is 17.8 Å². The number of aryl methyl sites for hydroxylation is 2. The van der Waals surface area contributed by atoms with Crippen molar-refractivity contribution in [2.24, 2.45) is 0 Å². The van der Waals surface area contributed by atoms with Crippen LogP contribution in [0.1, 0.15) is 56.8 Å². The molecule has 6 nitrogen and oxygen atoms in total. The van der Waals surface area contributed by atoms with Gasteiger partial charge in [-0.3, -0.25) is 4.79 Å². The predicted octanol–water partition coefficient (Wildman–Crippen LogP) is 7.19. The molecule has 39 heavy (non-hydrogen) atoms. The number of unbranched alkanes of at least 4 members (excludes halogenated alkanes) is 2. The van der Waals surface area contributed by atoms with Gasteiger partial charge in [0.1, 0.15) is 17.3 Å². The molecule has 7 heteroatoms. The van der Waals surface area contributed by atoms with Crippen LogP contribution in [0, 0.1) is 0 Å². The van der Waals surface area contributed by atoms with Crippen molar-refractivity contribution in [1.29, 1.82) is 0 Å². The lowest BCUT2D eigenvalue weighted by Gasteiger charge is -2.11. The minimum Gasteiger partial charge on any atom is -0.494 e. The molecule has 0 radical (unpaired) electrons. The fraction of sp³-hybridized carbons (Fsp3) is 0.375. The van der Waals surface area contributed by atoms with Crippen LogP contribution in [0.3, 0.4) is 0 Å². The van der Waals surface area contributed by atoms with Crippen LogP contribution in [0.4, 0.5) is 0 Å². The number of rotatable bonds is 15. The summed E-state index contributed by atoms with van der Waals surface area (Å²) in [4.78, 5) is 17.0. The molecule has 3 aromatic carbocycles. The highest BCUT2D eigenvalue weighted by atomic mass is 35.5. The lowest BCUT2D eigenvalue weighted by molar-refractivity contribution is -0.123. The molecule has 1 N–H and O–H groups in total. The summed E-state index contributed by atoms with van der Waals surface area (Å²) in [5.41, 5.74) is 3.52. The Kier molecular flexibility index (Phi) is 10.7. The van der Waals surface area contributed by atoms with E-state index in [4.69, 9.17) is 26.1 Å². The first-order valence-corrected chi connectivity index (χ1v) is 14.2. The topological polar surface area (TPSA) is 65.4 Å². The number of nitrogens with one attached hydrogen (secondary N) is 1. The summed E-state index contributed by atoms with van der Waals surface area (Å²) in [6.45, 7) is 6.55. The van der Waals surface area contributed by atoms with Crippen LogP contribution < -0.4 is 14.8 Å². The van der Waals surface area contributed by atoms with Gasteiger partial charge in [-0.15, -0.1) is 0 Å². The van der Waals surface area contributed by atoms with E-state index in [1.807, 2.05) is 6.07 Å². The summed E-state index contributed by atoms with van der Waals surface area (Å²) in [6.07, 6.45) is 4.75. The van der Waals surface area contributed by atoms with Crippen LogP contribution in [-0.4, -0.2) is 35.2 Å². The second-order valence-electron chi connectivity index (χ2n) is 10.00. The van der Waals surface area contributed by atoms with Gasteiger partial charge in [0, 0.05) is 24.5 Å². The molecule has 0 bridgehead atoms. The molecular formula is C32H38ClN3O3. The molecule has 0 atom stereocenters. The zero-order valence-electron chi connectivity index (χ0n) is 22.9. The minimum absolute atomic E-state index is 0.00136. The van der Waals surface area contributed by atoms with Crippen molar-refractivity contribution in [3.05, 3.63) is 89.2 Å². The van der Waals surface area contributed by atoms with Crippen molar-refractivity contribution in [2.45, 2.75) is 58.4 Å². The van der Waals surface area contributed by atoms with Gasteiger partial charge in [0.05, 0.1) is 17.6 Å². The van der Waals surface area contributed by atoms with Crippen molar-refractivity contribution in [2.75, 3.05) is 19.8 Å². The highest BCUT2D eigenvalue weighted by Crippen LogP contribution is 2.21. The molecule has 0 aliphatic rings. The van der Waals surface area contributed by atoms with E-state index in [0.29, 0.717) is 29.8 Å². The van der Waals surface area contributed by atoms with Gasteiger partial charge < -0.3 is 19.4 Å². The molecule has 4 aromatic rings. The van der Waals surface area contributed by atoms with Crippen LogP contribution in [0.25, 0.3) is 11.0 Å². The number of fused-ring (bicyclic) bond motifs is 1. The number of carbonyl (C=O) groups excluding carboxylic acids is 1. The Morgan fingerprint density at radius 2 is 1.62 bits per heavy atom. The number of ether oxygens (including phenoxy) is 2. The van der Waals surface area contributed by atoms with Crippen LogP contribution in [0.2, 0.25) is 5.02 Å². The van der Waals surface area contributed by atoms with Gasteiger partial charge in [-0.05, 0) is 79.3 Å². The predicted molar refractivity (Wildman–Crippen MR) is 158 cm³/mol. The Bertz CT molecular complexity index is 1320. The van der Waals surface area contributed by atoms with Gasteiger partial charge in [-0.1, -0.05) is 56.1 Å². The summed E-state index contributed by atoms with van der Waals surface area (Å²) in [6, 6.07) is 23.7. The van der Waals surface area contributed by atoms with Crippen molar-refractivity contribution in [3.63, 3.8) is 0 Å². The van der Waals surface area contributed by atoms with E-state index in [1.54, 1.807) is 24.3 Å². The number of benzene rings is 3. The summed E-state index contributed by atoms with van der Waals surface area (Å²) in [5, 5.41) is 3.57. The van der Waals surface area contributed by atoms with Crippen molar-refractivity contribution in [1.82, 2.24) is 14.9 Å². The largest absolute Gasteiger partial charge is 0.494 e. The van der Waals surface area contributed by atoms with Gasteiger partial charge in [0.2, 0.25) is 0 Å². The number of para-hydroxylation sites is 2. The average molecular weight is 548 g/mol. The molecule has 4 rings (SSSR count). The number of hydrogen-bond acceptors (Lipinski definition) is 4. The number of hydrogen-bond donors (Lipinski definition) is 1. The van der Waals surface area contributed by atoms with E-state index in [2.05, 4.69) is 66.2 Å². The lowest BCUT2D eigenvalue weighted by atomic mass is 10.0. The van der Waals surface area contributed by atoms with Crippen LogP contribution in [0.15, 0.2) is 72.8 Å². The Labute approximate surface area is 236 Å². The Morgan fingerprint density at radius 1 is 0.897 bits per heavy atom. The maximum atomic E-state index is 12.1. The molecule has 0 fully saturated rings. The molecular weight excluding hydrogens is 510 g/mol. The molecule has 0 spiro atoms. The second-order valence-corrected chi connectivity index (χ2v) is 10.4. The van der Waals surface area contributed by atoms with Gasteiger partial charge in [0.25, 0.3) is 5.91 Å². The Balaban J connectivity index is 1.18. The number of aromatic nitrogens is 2. The van der Waals surface area contributed by atoms with E-state index < -0.39 is 0 Å². The standard InChI is InChI=1S/C32H38ClN3O3/c1-24(2)25-12-16-27(17-13-25)38-22-8-21-36-30-10-6-5-9-29(30)35-31(36)11-4-3-7-20-34-32(37)23-39-28-18-14-26(33)15-19-28/h5-6,9-10,12-19,24H,3-4,7-8,11,20-23H2,1-2H3,(H,34,37). The summed E-state index contributed by atoms with van der Waals surface area (Å²) >= 11 is 5.87. The van der Waals surface area contributed by atoms with E-state index >= 15 is 0 Å². The average Bonchev–Trinajstić information content (AvgIpc) is 3.30. The van der Waals surface area contributed by atoms with Gasteiger partial charge in [-0.25, -0.2) is 4.98 Å². The number of imidazole rings is 1. The second kappa shape index (κ2) is 14.6. The van der Waals surface area contributed by atoms with Gasteiger partial charge in [-0.2, -0.15) is 0 Å². The monoisotopic (exact) mass is 547 g/mol. The summed E-state index contributed by atoms with van der Waals surface area (Å²) in [5.74, 6) is 3.05. The Hall–Kier alpha value is -3.51. The van der Waals surface area contributed by atoms with E-state index in [9.17, 15) is 4.79 Å². The number of carbonyl (C=O) groups is 1. The number of halogens is 1. The molecule has 0 unspecified atom stereocenters. The first-order chi connectivity index (χ1) is 19.0. The zero-order valence-corrected chi connectivity index (χ0v) is 23.6. The molecule has 0 saturated carbocycles. The fourth-order valence-electron chi connectivity index (χ4n) is 4.47. The number of nitrogens with zero attached hydrogens (tertiary/aromatic N) is 2. The lowest BCUT2D eigenvalue weighted by Crippen LogP contribution is -2.29. The fourth-order valence-corrected chi connectivity index (χ4v) is 4.60. The first-order valence-electron chi connectivity index (χ1n) is 13.8. The third kappa shape index (κ3) is 8.75. The maximum Gasteiger partial charge on any atom is 0.257 e. The van der Waals surface area contributed by atoms with E-state index in [1.165, 1.54) is 11.1 Å². The molecule has 0 aliphatic carbocycles. The normalized spacial score (nSPS) is 11.2. The smallest absolute Gasteiger partial charge is 0.257 e. The highest BCUT2D eigenvalue weighted by molar-refractivity contribution is 6.30. The molecule has 0 aliphatic heterocycles. The molecule has 1 amide bonds. The third-order valence-corrected chi connectivity index (χ3v) is 6.91. The summed E-state index contributed by atoms with van der Waals surface area (Å²) in [7, 11) is 0. The molecule has 1 heterocycles. The van der Waals surface area contributed by atoms with Crippen molar-refractivity contribution < 1.29 is 14.3 Å². The van der Waals surface area contributed by atoms with Crippen molar-refractivity contribution >= 4 is 28.5 Å². The molecule has 206 valence electrons. The Morgan fingerprint density at radius 3 is 2.38 bits per heavy atom. The first kappa shape index (κ1) is 28.5. The van der Waals surface area contributed by atoms with Crippen molar-refractivity contribution in [3.8, 4) is 11.5 Å². The molecule has 1 aromatic heterocycles. The van der Waals surface area contributed by atoms with E-state index in [0.717, 1.165) is 55.7 Å². The zero-order chi connectivity index (χ0) is 27.5. The number of amides is 1. The maximum absolute atomic E-state index is 12.1. The van der Waals surface area contributed by atoms with Crippen LogP contribution in [0.5, 0.6) is 11.5 Å². The third-order valence-electron chi connectivity index (χ3n) is 6.66. The quantitative estimate of drug-likeness (QED) is 0.160. The molecule has 0 saturated heterocycles. The SMILES string of the molecule is CC(C)c1ccc(OCCCn2c(CCCCCNC(=O)COc3ccc(Cl)cc3)nc3ccccc32)cc1. The van der Waals surface area contributed by atoms with Gasteiger partial charge in [0.15, 0.2) is 6.61 Å². The van der Waals surface area contributed by atoms with Gasteiger partial charge >= 0.3 is 0 Å². The summed E-state index contributed by atoms with van der Waals surface area (Å²) < 4.78 is 13.8. The highest BCUT2D eigenvalue weighted by Gasteiger charge is 2.10. The van der Waals surface area contributed by atoms with E-state index in [-0.39, 0.29) is 12.5 Å². The van der Waals surface area contributed by atoms with Crippen LogP contribution >= 0.6 is 11.6 Å².